The lowest BCUT2D eigenvalue weighted by atomic mass is 10.1. The minimum Gasteiger partial charge on any atom is -0.350 e. The van der Waals surface area contributed by atoms with Crippen LogP contribution < -0.4 is 5.32 Å². The van der Waals surface area contributed by atoms with Gasteiger partial charge in [0.25, 0.3) is 0 Å². The van der Waals surface area contributed by atoms with Gasteiger partial charge >= 0.3 is 0 Å². The smallest absolute Gasteiger partial charge is 0.228 e. The van der Waals surface area contributed by atoms with Crippen LogP contribution in [-0.4, -0.2) is 45.6 Å². The van der Waals surface area contributed by atoms with Gasteiger partial charge in [-0.2, -0.15) is 0 Å². The van der Waals surface area contributed by atoms with Gasteiger partial charge in [-0.1, -0.05) is 18.2 Å². The molecule has 1 N–H and O–H groups in total. The number of hydrogen-bond acceptors (Lipinski definition) is 3. The number of para-hydroxylation sites is 1. The van der Waals surface area contributed by atoms with E-state index in [1.807, 2.05) is 44.4 Å². The molecular weight excluding hydrogens is 374 g/mol. The van der Waals surface area contributed by atoms with Crippen LogP contribution in [0.15, 0.2) is 48.7 Å². The molecule has 4 rings (SSSR count). The number of amides is 1. The molecule has 2 aromatic carbocycles. The van der Waals surface area contributed by atoms with E-state index in [0.29, 0.717) is 6.42 Å². The van der Waals surface area contributed by atoms with Crippen LogP contribution in [0.5, 0.6) is 0 Å². The highest BCUT2D eigenvalue weighted by molar-refractivity contribution is 5.97. The highest BCUT2D eigenvalue weighted by Crippen LogP contribution is 2.23. The summed E-state index contributed by atoms with van der Waals surface area (Å²) < 4.78 is 4.32. The lowest BCUT2D eigenvalue weighted by Crippen LogP contribution is -2.15. The number of aromatic nitrogens is 3. The van der Waals surface area contributed by atoms with E-state index in [2.05, 4.69) is 51.6 Å². The van der Waals surface area contributed by atoms with Gasteiger partial charge in [0, 0.05) is 36.4 Å². The second-order valence-electron chi connectivity index (χ2n) is 8.18. The molecule has 0 saturated heterocycles. The normalized spacial score (nSPS) is 11.6. The molecule has 0 aliphatic rings. The number of fused-ring (bicyclic) bond motifs is 2. The summed E-state index contributed by atoms with van der Waals surface area (Å²) >= 11 is 0. The zero-order valence-corrected chi connectivity index (χ0v) is 18.1. The summed E-state index contributed by atoms with van der Waals surface area (Å²) in [5, 5.41) is 4.16. The van der Waals surface area contributed by atoms with Crippen LogP contribution in [0, 0.1) is 6.92 Å². The van der Waals surface area contributed by atoms with Crippen LogP contribution in [0.4, 0.5) is 5.69 Å². The summed E-state index contributed by atoms with van der Waals surface area (Å²) in [6.07, 6.45) is 3.45. The Balaban J connectivity index is 1.49. The van der Waals surface area contributed by atoms with Crippen molar-refractivity contribution in [2.45, 2.75) is 26.3 Å². The number of benzene rings is 2. The largest absolute Gasteiger partial charge is 0.350 e. The summed E-state index contributed by atoms with van der Waals surface area (Å²) in [5.41, 5.74) is 4.98. The summed E-state index contributed by atoms with van der Waals surface area (Å²) in [4.78, 5) is 19.6. The predicted octanol–water partition coefficient (Wildman–Crippen LogP) is 3.97. The number of rotatable bonds is 7. The fourth-order valence-electron chi connectivity index (χ4n) is 4.10. The van der Waals surface area contributed by atoms with E-state index in [1.54, 1.807) is 0 Å². The Labute approximate surface area is 177 Å². The maximum Gasteiger partial charge on any atom is 0.228 e. The fraction of sp³-hybridized carbons (Fsp3) is 0.333. The third-order valence-electron chi connectivity index (χ3n) is 5.54. The Kier molecular flexibility index (Phi) is 5.59. The molecule has 0 unspecified atom stereocenters. The van der Waals surface area contributed by atoms with Crippen LogP contribution in [0.25, 0.3) is 21.9 Å². The number of anilines is 1. The molecule has 2 aromatic heterocycles. The van der Waals surface area contributed by atoms with Crippen molar-refractivity contribution in [3.63, 3.8) is 0 Å². The van der Waals surface area contributed by atoms with Gasteiger partial charge in [-0.15, -0.1) is 0 Å². The highest BCUT2D eigenvalue weighted by Gasteiger charge is 2.12. The average Bonchev–Trinajstić information content (AvgIpc) is 3.18. The SMILES string of the molecule is Cc1nc2cc(NC(=O)Cc3cn(C)c4ccccc34)ccc2n1CCCN(C)C. The molecule has 0 aliphatic carbocycles. The number of carbonyl (C=O) groups is 1. The first kappa shape index (κ1) is 20.2. The van der Waals surface area contributed by atoms with Crippen LogP contribution in [-0.2, 0) is 24.8 Å². The summed E-state index contributed by atoms with van der Waals surface area (Å²) in [6.45, 7) is 4.02. The van der Waals surface area contributed by atoms with Gasteiger partial charge in [0.2, 0.25) is 5.91 Å². The number of nitrogens with zero attached hydrogens (tertiary/aromatic N) is 4. The topological polar surface area (TPSA) is 55.1 Å². The molecule has 0 saturated carbocycles. The van der Waals surface area contributed by atoms with Crippen molar-refractivity contribution in [2.75, 3.05) is 26.0 Å². The van der Waals surface area contributed by atoms with Crippen molar-refractivity contribution >= 4 is 33.5 Å². The second-order valence-corrected chi connectivity index (χ2v) is 8.18. The molecule has 0 aliphatic heterocycles. The van der Waals surface area contributed by atoms with Gasteiger partial charge in [0.1, 0.15) is 5.82 Å². The standard InChI is InChI=1S/C24H29N5O/c1-17-25-21-15-19(10-11-23(21)29(17)13-7-12-27(2)3)26-24(30)14-18-16-28(4)22-9-6-5-8-20(18)22/h5-6,8-11,15-16H,7,12-14H2,1-4H3,(H,26,30). The third-order valence-corrected chi connectivity index (χ3v) is 5.54. The van der Waals surface area contributed by atoms with Gasteiger partial charge in [-0.05, 0) is 63.8 Å². The Morgan fingerprint density at radius 1 is 1.13 bits per heavy atom. The van der Waals surface area contributed by atoms with E-state index < -0.39 is 0 Å². The van der Waals surface area contributed by atoms with Gasteiger partial charge in [0.15, 0.2) is 0 Å². The lowest BCUT2D eigenvalue weighted by Gasteiger charge is -2.11. The van der Waals surface area contributed by atoms with Crippen LogP contribution in [0.3, 0.4) is 0 Å². The van der Waals surface area contributed by atoms with Crippen LogP contribution >= 0.6 is 0 Å². The van der Waals surface area contributed by atoms with Crippen molar-refractivity contribution < 1.29 is 4.79 Å². The fourth-order valence-corrected chi connectivity index (χ4v) is 4.10. The molecule has 30 heavy (non-hydrogen) atoms. The first-order valence-corrected chi connectivity index (χ1v) is 10.4. The zero-order chi connectivity index (χ0) is 21.3. The van der Waals surface area contributed by atoms with Crippen molar-refractivity contribution in [1.82, 2.24) is 19.0 Å². The second kappa shape index (κ2) is 8.32. The monoisotopic (exact) mass is 403 g/mol. The summed E-state index contributed by atoms with van der Waals surface area (Å²) in [7, 11) is 6.19. The third kappa shape index (κ3) is 4.09. The number of aryl methyl sites for hydroxylation is 3. The molecular formula is C24H29N5O. The van der Waals surface area contributed by atoms with Crippen molar-refractivity contribution in [1.29, 1.82) is 0 Å². The molecule has 156 valence electrons. The molecule has 1 amide bonds. The van der Waals surface area contributed by atoms with Crippen LogP contribution in [0.1, 0.15) is 17.8 Å². The van der Waals surface area contributed by atoms with Crippen LogP contribution in [0.2, 0.25) is 0 Å². The minimum absolute atomic E-state index is 0.0205. The van der Waals surface area contributed by atoms with Crippen molar-refractivity contribution in [3.8, 4) is 0 Å². The molecule has 6 nitrogen and oxygen atoms in total. The van der Waals surface area contributed by atoms with E-state index >= 15 is 0 Å². The average molecular weight is 404 g/mol. The molecule has 0 radical (unpaired) electrons. The van der Waals surface area contributed by atoms with E-state index in [0.717, 1.165) is 58.5 Å². The van der Waals surface area contributed by atoms with Gasteiger partial charge in [0.05, 0.1) is 17.5 Å². The van der Waals surface area contributed by atoms with Gasteiger partial charge in [-0.3, -0.25) is 4.79 Å². The Morgan fingerprint density at radius 2 is 1.93 bits per heavy atom. The molecule has 6 heteroatoms. The maximum atomic E-state index is 12.7. The first-order valence-electron chi connectivity index (χ1n) is 10.4. The molecule has 2 heterocycles. The quantitative estimate of drug-likeness (QED) is 0.508. The maximum absolute atomic E-state index is 12.7. The molecule has 0 spiro atoms. The van der Waals surface area contributed by atoms with Gasteiger partial charge < -0.3 is 19.4 Å². The molecule has 0 atom stereocenters. The first-order chi connectivity index (χ1) is 14.4. The molecule has 0 bridgehead atoms. The van der Waals surface area contributed by atoms with E-state index in [4.69, 9.17) is 4.98 Å². The summed E-state index contributed by atoms with van der Waals surface area (Å²) in [5.74, 6) is 0.982. The van der Waals surface area contributed by atoms with Gasteiger partial charge in [-0.25, -0.2) is 4.98 Å². The Morgan fingerprint density at radius 3 is 2.73 bits per heavy atom. The number of nitrogens with one attached hydrogen (secondary N) is 1. The Hall–Kier alpha value is -3.12. The molecule has 0 fully saturated rings. The van der Waals surface area contributed by atoms with E-state index in [-0.39, 0.29) is 5.91 Å². The summed E-state index contributed by atoms with van der Waals surface area (Å²) in [6, 6.07) is 14.1. The minimum atomic E-state index is -0.0205. The Bertz CT molecular complexity index is 1200. The van der Waals surface area contributed by atoms with Crippen molar-refractivity contribution in [2.24, 2.45) is 7.05 Å². The molecule has 4 aromatic rings. The zero-order valence-electron chi connectivity index (χ0n) is 18.1. The highest BCUT2D eigenvalue weighted by atomic mass is 16.1. The number of imidazole rings is 1. The lowest BCUT2D eigenvalue weighted by molar-refractivity contribution is -0.115. The van der Waals surface area contributed by atoms with E-state index in [9.17, 15) is 4.79 Å². The van der Waals surface area contributed by atoms with Crippen molar-refractivity contribution in [3.05, 3.63) is 60.0 Å². The number of carbonyl (C=O) groups excluding carboxylic acids is 1. The van der Waals surface area contributed by atoms with E-state index in [1.165, 1.54) is 0 Å². The predicted molar refractivity (Wildman–Crippen MR) is 123 cm³/mol. The number of hydrogen-bond donors (Lipinski definition) is 1.